The number of rotatable bonds is 4. The molecule has 3 aromatic rings. The third-order valence-corrected chi connectivity index (χ3v) is 6.55. The molecule has 2 fully saturated rings. The molecular formula is C22H25F2N7O. The molecule has 0 radical (unpaired) electrons. The summed E-state index contributed by atoms with van der Waals surface area (Å²) in [7, 11) is 3.44. The van der Waals surface area contributed by atoms with Crippen LogP contribution in [0.25, 0.3) is 22.5 Å². The molecule has 32 heavy (non-hydrogen) atoms. The largest absolute Gasteiger partial charge is 0.507 e. The van der Waals surface area contributed by atoms with Crippen LogP contribution >= 0.6 is 0 Å². The Morgan fingerprint density at radius 3 is 2.72 bits per heavy atom. The minimum Gasteiger partial charge on any atom is -0.507 e. The second kappa shape index (κ2) is 7.77. The maximum atomic E-state index is 15.0. The van der Waals surface area contributed by atoms with Gasteiger partial charge in [-0.05, 0) is 37.0 Å². The maximum Gasteiger partial charge on any atom is 0.283 e. The van der Waals surface area contributed by atoms with Crippen molar-refractivity contribution in [2.75, 3.05) is 11.9 Å². The predicted molar refractivity (Wildman–Crippen MR) is 115 cm³/mol. The van der Waals surface area contributed by atoms with Crippen LogP contribution in [0.1, 0.15) is 25.7 Å². The van der Waals surface area contributed by atoms with Crippen molar-refractivity contribution in [3.05, 3.63) is 36.8 Å². The van der Waals surface area contributed by atoms with Gasteiger partial charge in [0.1, 0.15) is 5.75 Å². The first-order chi connectivity index (χ1) is 15.3. The van der Waals surface area contributed by atoms with Gasteiger partial charge < -0.3 is 15.3 Å². The van der Waals surface area contributed by atoms with Gasteiger partial charge in [0.2, 0.25) is 0 Å². The lowest BCUT2D eigenvalue weighted by Gasteiger charge is -2.48. The number of fused-ring (bicyclic) bond motifs is 2. The Hall–Kier alpha value is -3.14. The molecule has 2 aromatic heterocycles. The van der Waals surface area contributed by atoms with Gasteiger partial charge in [0.15, 0.2) is 11.6 Å². The van der Waals surface area contributed by atoms with Crippen LogP contribution in [0.3, 0.4) is 0 Å². The number of aryl methyl sites for hydroxylation is 1. The Kier molecular flexibility index (Phi) is 5.04. The summed E-state index contributed by atoms with van der Waals surface area (Å²) in [6, 6.07) is 3.48. The van der Waals surface area contributed by atoms with E-state index in [1.807, 2.05) is 19.3 Å². The summed E-state index contributed by atoms with van der Waals surface area (Å²) < 4.78 is 31.8. The fourth-order valence-corrected chi connectivity index (χ4v) is 4.77. The number of anilines is 1. The monoisotopic (exact) mass is 441 g/mol. The summed E-state index contributed by atoms with van der Waals surface area (Å²) in [5.41, 5.74) is 2.10. The number of aromatic nitrogens is 5. The molecule has 2 aliphatic rings. The highest BCUT2D eigenvalue weighted by molar-refractivity contribution is 5.72. The van der Waals surface area contributed by atoms with Crippen molar-refractivity contribution >= 4 is 5.82 Å². The zero-order valence-electron chi connectivity index (χ0n) is 17.9. The van der Waals surface area contributed by atoms with Gasteiger partial charge in [0.05, 0.1) is 30.0 Å². The molecular weight excluding hydrogens is 416 g/mol. The van der Waals surface area contributed by atoms with E-state index in [1.165, 1.54) is 11.1 Å². The molecule has 2 aliphatic heterocycles. The number of nitrogens with one attached hydrogen (secondary N) is 1. The van der Waals surface area contributed by atoms with E-state index in [2.05, 4.69) is 25.6 Å². The van der Waals surface area contributed by atoms with Crippen molar-refractivity contribution in [3.63, 3.8) is 0 Å². The molecule has 8 nitrogen and oxygen atoms in total. The topological polar surface area (TPSA) is 92.0 Å². The summed E-state index contributed by atoms with van der Waals surface area (Å²) in [4.78, 5) is 5.79. The Bertz CT molecular complexity index is 1120. The first-order valence-corrected chi connectivity index (χ1v) is 10.7. The highest BCUT2D eigenvalue weighted by Gasteiger charge is 2.54. The second-order valence-corrected chi connectivity index (χ2v) is 8.66. The lowest BCUT2D eigenvalue weighted by molar-refractivity contribution is -0.0989. The van der Waals surface area contributed by atoms with Crippen LogP contribution in [0, 0.1) is 0 Å². The number of piperidine rings is 2. The van der Waals surface area contributed by atoms with Crippen molar-refractivity contribution in [2.24, 2.45) is 7.05 Å². The number of aromatic hydroxyl groups is 1. The van der Waals surface area contributed by atoms with E-state index in [9.17, 15) is 5.11 Å². The van der Waals surface area contributed by atoms with Gasteiger partial charge in [0.25, 0.3) is 5.92 Å². The van der Waals surface area contributed by atoms with Crippen LogP contribution in [0.5, 0.6) is 5.75 Å². The van der Waals surface area contributed by atoms with Gasteiger partial charge in [-0.3, -0.25) is 4.68 Å². The first kappa shape index (κ1) is 20.7. The van der Waals surface area contributed by atoms with E-state index < -0.39 is 18.0 Å². The minimum atomic E-state index is -2.87. The summed E-state index contributed by atoms with van der Waals surface area (Å²) in [5, 5.41) is 26.0. The highest BCUT2D eigenvalue weighted by atomic mass is 19.3. The SMILES string of the molecule is CN(c1cnc(-c2ccc(-c3cnn(C)c3)cc2O)nn1)[C@@H]1C[C@@H]2CCC[C@@H](N2)C1(F)F. The van der Waals surface area contributed by atoms with Crippen molar-refractivity contribution < 1.29 is 13.9 Å². The zero-order chi connectivity index (χ0) is 22.5. The van der Waals surface area contributed by atoms with Crippen molar-refractivity contribution in [1.29, 1.82) is 0 Å². The van der Waals surface area contributed by atoms with Crippen LogP contribution in [0.15, 0.2) is 36.8 Å². The third-order valence-electron chi connectivity index (χ3n) is 6.55. The lowest BCUT2D eigenvalue weighted by Crippen LogP contribution is -2.67. The van der Waals surface area contributed by atoms with E-state index in [0.717, 1.165) is 24.0 Å². The minimum absolute atomic E-state index is 0.00645. The Morgan fingerprint density at radius 2 is 2.03 bits per heavy atom. The van der Waals surface area contributed by atoms with Gasteiger partial charge in [-0.2, -0.15) is 5.10 Å². The Morgan fingerprint density at radius 1 is 1.19 bits per heavy atom. The zero-order valence-corrected chi connectivity index (χ0v) is 17.9. The van der Waals surface area contributed by atoms with E-state index in [-0.39, 0.29) is 23.4 Å². The molecule has 168 valence electrons. The quantitative estimate of drug-likeness (QED) is 0.643. The summed E-state index contributed by atoms with van der Waals surface area (Å²) in [6.45, 7) is 0. The van der Waals surface area contributed by atoms with Crippen LogP contribution < -0.4 is 10.2 Å². The van der Waals surface area contributed by atoms with E-state index in [0.29, 0.717) is 18.4 Å². The van der Waals surface area contributed by atoms with Crippen molar-refractivity contribution in [3.8, 4) is 28.3 Å². The molecule has 1 aromatic carbocycles. The molecule has 0 spiro atoms. The first-order valence-electron chi connectivity index (χ1n) is 10.7. The summed E-state index contributed by atoms with van der Waals surface area (Å²) >= 11 is 0. The maximum absolute atomic E-state index is 15.0. The van der Waals surface area contributed by atoms with Crippen LogP contribution in [0.4, 0.5) is 14.6 Å². The second-order valence-electron chi connectivity index (χ2n) is 8.66. The number of phenolic OH excluding ortho intramolecular Hbond substituents is 1. The number of benzene rings is 1. The molecule has 2 N–H and O–H groups in total. The molecule has 4 heterocycles. The lowest BCUT2D eigenvalue weighted by atomic mass is 9.80. The fraction of sp³-hybridized carbons (Fsp3) is 0.455. The van der Waals surface area contributed by atoms with Crippen LogP contribution in [-0.2, 0) is 7.05 Å². The number of hydrogen-bond donors (Lipinski definition) is 2. The number of phenols is 1. The third kappa shape index (κ3) is 3.58. The highest BCUT2D eigenvalue weighted by Crippen LogP contribution is 2.40. The molecule has 0 unspecified atom stereocenters. The average Bonchev–Trinajstić information content (AvgIpc) is 3.23. The molecule has 0 aliphatic carbocycles. The van der Waals surface area contributed by atoms with Gasteiger partial charge in [-0.15, -0.1) is 10.2 Å². The smallest absolute Gasteiger partial charge is 0.283 e. The molecule has 10 heteroatoms. The Balaban J connectivity index is 1.37. The standard InChI is InChI=1S/C22H25F2N7O/c1-30-12-14(10-26-30)13-6-7-16(17(32)8-13)21-25-11-20(28-29-21)31(2)19-9-15-4-3-5-18(27-15)22(19,23)24/h6-8,10-12,15,18-19,27,32H,3-5,9H2,1-2H3/t15-,18+,19+/m0/s1. The summed E-state index contributed by atoms with van der Waals surface area (Å²) in [6.07, 6.45) is 7.56. The normalized spacial score (nSPS) is 24.3. The van der Waals surface area contributed by atoms with Crippen molar-refractivity contribution in [2.45, 2.75) is 49.7 Å². The fourth-order valence-electron chi connectivity index (χ4n) is 4.77. The van der Waals surface area contributed by atoms with E-state index in [4.69, 9.17) is 0 Å². The molecule has 0 saturated carbocycles. The van der Waals surface area contributed by atoms with Gasteiger partial charge in [-0.1, -0.05) is 12.5 Å². The number of hydrogen-bond acceptors (Lipinski definition) is 7. The molecule has 2 bridgehead atoms. The number of alkyl halides is 2. The van der Waals surface area contributed by atoms with Crippen LogP contribution in [-0.4, -0.2) is 61.2 Å². The molecule has 5 rings (SSSR count). The number of halogens is 2. The van der Waals surface area contributed by atoms with E-state index in [1.54, 1.807) is 30.1 Å². The van der Waals surface area contributed by atoms with E-state index >= 15 is 8.78 Å². The Labute approximate surface area is 184 Å². The summed E-state index contributed by atoms with van der Waals surface area (Å²) in [5.74, 6) is -2.35. The predicted octanol–water partition coefficient (Wildman–Crippen LogP) is 3.00. The van der Waals surface area contributed by atoms with Gasteiger partial charge >= 0.3 is 0 Å². The van der Waals surface area contributed by atoms with Crippen molar-refractivity contribution in [1.82, 2.24) is 30.3 Å². The molecule has 2 saturated heterocycles. The van der Waals surface area contributed by atoms with Gasteiger partial charge in [0, 0.05) is 31.9 Å². The average molecular weight is 441 g/mol. The number of nitrogens with zero attached hydrogens (tertiary/aromatic N) is 6. The molecule has 0 amide bonds. The molecule has 3 atom stereocenters. The van der Waals surface area contributed by atoms with Crippen LogP contribution in [0.2, 0.25) is 0 Å². The van der Waals surface area contributed by atoms with Gasteiger partial charge in [-0.25, -0.2) is 13.8 Å².